The minimum atomic E-state index is 0.659. The van der Waals surface area contributed by atoms with Gasteiger partial charge >= 0.3 is 0 Å². The normalized spacial score (nSPS) is 16.1. The van der Waals surface area contributed by atoms with Crippen molar-refractivity contribution in [1.82, 2.24) is 4.98 Å². The lowest BCUT2D eigenvalue weighted by atomic mass is 10.1. The summed E-state index contributed by atoms with van der Waals surface area (Å²) in [5.74, 6) is 0. The lowest BCUT2D eigenvalue weighted by Gasteiger charge is -2.28. The summed E-state index contributed by atoms with van der Waals surface area (Å²) in [5.41, 5.74) is 10.1. The Morgan fingerprint density at radius 3 is 2.68 bits per heavy atom. The Bertz CT molecular complexity index is 600. The van der Waals surface area contributed by atoms with E-state index in [1.165, 1.54) is 36.8 Å². The van der Waals surface area contributed by atoms with Gasteiger partial charge in [0.25, 0.3) is 0 Å². The molecule has 0 unspecified atom stereocenters. The van der Waals surface area contributed by atoms with Gasteiger partial charge in [-0.2, -0.15) is 0 Å². The van der Waals surface area contributed by atoms with Gasteiger partial charge in [0.1, 0.15) is 0 Å². The average Bonchev–Trinajstić information content (AvgIpc) is 2.91. The number of anilines is 2. The van der Waals surface area contributed by atoms with Gasteiger partial charge in [-0.3, -0.25) is 4.98 Å². The molecule has 1 saturated carbocycles. The molecule has 0 aliphatic heterocycles. The molecule has 100 valence electrons. The number of aromatic nitrogens is 1. The predicted octanol–water partition coefficient (Wildman–Crippen LogP) is 3.50. The second kappa shape index (κ2) is 4.72. The minimum absolute atomic E-state index is 0.659. The Balaban J connectivity index is 2.12. The van der Waals surface area contributed by atoms with Gasteiger partial charge in [0.05, 0.1) is 5.52 Å². The Labute approximate surface area is 114 Å². The molecule has 0 radical (unpaired) electrons. The lowest BCUT2D eigenvalue weighted by molar-refractivity contribution is 0.654. The monoisotopic (exact) mass is 255 g/mol. The first-order valence-corrected chi connectivity index (χ1v) is 7.05. The van der Waals surface area contributed by atoms with Crippen molar-refractivity contribution in [3.8, 4) is 0 Å². The zero-order chi connectivity index (χ0) is 13.4. The van der Waals surface area contributed by atoms with E-state index in [4.69, 9.17) is 5.73 Å². The van der Waals surface area contributed by atoms with Gasteiger partial charge in [-0.15, -0.1) is 0 Å². The zero-order valence-corrected chi connectivity index (χ0v) is 11.7. The molecule has 0 atom stereocenters. The second-order valence-electron chi connectivity index (χ2n) is 5.61. The van der Waals surface area contributed by atoms with E-state index in [-0.39, 0.29) is 0 Å². The number of fused-ring (bicyclic) bond motifs is 1. The van der Waals surface area contributed by atoms with Crippen LogP contribution >= 0.6 is 0 Å². The summed E-state index contributed by atoms with van der Waals surface area (Å²) in [5, 5.41) is 1.17. The third kappa shape index (κ3) is 2.25. The van der Waals surface area contributed by atoms with Gasteiger partial charge in [0.2, 0.25) is 0 Å². The SMILES string of the molecule is Cc1cc(N(C)C2CCCC2)c2cc(N)ccc2n1. The van der Waals surface area contributed by atoms with E-state index >= 15 is 0 Å². The third-order valence-electron chi connectivity index (χ3n) is 4.19. The molecule has 1 aliphatic carbocycles. The second-order valence-corrected chi connectivity index (χ2v) is 5.61. The fourth-order valence-electron chi connectivity index (χ4n) is 3.13. The highest BCUT2D eigenvalue weighted by molar-refractivity contribution is 5.94. The highest BCUT2D eigenvalue weighted by Gasteiger charge is 2.21. The Morgan fingerprint density at radius 1 is 1.21 bits per heavy atom. The summed E-state index contributed by atoms with van der Waals surface area (Å²) in [6, 6.07) is 8.83. The smallest absolute Gasteiger partial charge is 0.0727 e. The number of nitrogens with two attached hydrogens (primary N) is 1. The van der Waals surface area contributed by atoms with E-state index in [1.54, 1.807) is 0 Å². The summed E-state index contributed by atoms with van der Waals surface area (Å²) >= 11 is 0. The van der Waals surface area contributed by atoms with Crippen LogP contribution in [0.4, 0.5) is 11.4 Å². The van der Waals surface area contributed by atoms with Crippen LogP contribution < -0.4 is 10.6 Å². The first kappa shape index (κ1) is 12.3. The first-order chi connectivity index (χ1) is 9.15. The summed E-state index contributed by atoms with van der Waals surface area (Å²) in [7, 11) is 2.20. The first-order valence-electron chi connectivity index (χ1n) is 7.05. The Kier molecular flexibility index (Phi) is 3.05. The van der Waals surface area contributed by atoms with E-state index in [9.17, 15) is 0 Å². The number of nitrogen functional groups attached to an aromatic ring is 1. The summed E-state index contributed by atoms with van der Waals surface area (Å²) in [6.45, 7) is 2.06. The van der Waals surface area contributed by atoms with Crippen LogP contribution in [-0.2, 0) is 0 Å². The maximum absolute atomic E-state index is 5.94. The van der Waals surface area contributed by atoms with Crippen molar-refractivity contribution >= 4 is 22.3 Å². The maximum Gasteiger partial charge on any atom is 0.0727 e. The van der Waals surface area contributed by atoms with Gasteiger partial charge < -0.3 is 10.6 Å². The Hall–Kier alpha value is -1.77. The number of hydrogen-bond donors (Lipinski definition) is 1. The highest BCUT2D eigenvalue weighted by Crippen LogP contribution is 2.32. The quantitative estimate of drug-likeness (QED) is 0.835. The number of hydrogen-bond acceptors (Lipinski definition) is 3. The van der Waals surface area contributed by atoms with Crippen LogP contribution in [0.3, 0.4) is 0 Å². The number of aryl methyl sites for hydroxylation is 1. The molecular weight excluding hydrogens is 234 g/mol. The summed E-state index contributed by atoms with van der Waals surface area (Å²) in [4.78, 5) is 7.02. The molecule has 3 rings (SSSR count). The fourth-order valence-corrected chi connectivity index (χ4v) is 3.13. The zero-order valence-electron chi connectivity index (χ0n) is 11.7. The number of benzene rings is 1. The third-order valence-corrected chi connectivity index (χ3v) is 4.19. The molecule has 0 saturated heterocycles. The maximum atomic E-state index is 5.94. The molecule has 2 N–H and O–H groups in total. The number of rotatable bonds is 2. The largest absolute Gasteiger partial charge is 0.399 e. The topological polar surface area (TPSA) is 42.1 Å². The van der Waals surface area contributed by atoms with Crippen molar-refractivity contribution in [2.45, 2.75) is 38.6 Å². The summed E-state index contributed by atoms with van der Waals surface area (Å²) in [6.07, 6.45) is 5.28. The standard InChI is InChI=1S/C16H21N3/c1-11-9-16(19(2)13-5-3-4-6-13)14-10-12(17)7-8-15(14)18-11/h7-10,13H,3-6,17H2,1-2H3. The van der Waals surface area contributed by atoms with E-state index in [0.717, 1.165) is 16.9 Å². The fraction of sp³-hybridized carbons (Fsp3) is 0.438. The molecule has 1 aromatic heterocycles. The molecule has 19 heavy (non-hydrogen) atoms. The molecule has 3 heteroatoms. The molecule has 1 aromatic carbocycles. The average molecular weight is 255 g/mol. The van der Waals surface area contributed by atoms with Crippen molar-refractivity contribution in [3.05, 3.63) is 30.0 Å². The molecule has 1 aliphatic rings. The summed E-state index contributed by atoms with van der Waals surface area (Å²) < 4.78 is 0. The number of nitrogens with zero attached hydrogens (tertiary/aromatic N) is 2. The van der Waals surface area contributed by atoms with Crippen LogP contribution in [0.25, 0.3) is 10.9 Å². The van der Waals surface area contributed by atoms with Gasteiger partial charge in [0, 0.05) is 35.5 Å². The van der Waals surface area contributed by atoms with Crippen molar-refractivity contribution < 1.29 is 0 Å². The van der Waals surface area contributed by atoms with Gasteiger partial charge in [0.15, 0.2) is 0 Å². The van der Waals surface area contributed by atoms with Gasteiger partial charge in [-0.05, 0) is 44.0 Å². The molecule has 2 aromatic rings. The van der Waals surface area contributed by atoms with Crippen molar-refractivity contribution in [2.24, 2.45) is 0 Å². The molecule has 0 amide bonds. The van der Waals surface area contributed by atoms with Crippen LogP contribution in [-0.4, -0.2) is 18.1 Å². The van der Waals surface area contributed by atoms with Gasteiger partial charge in [-0.25, -0.2) is 0 Å². The van der Waals surface area contributed by atoms with Crippen molar-refractivity contribution in [2.75, 3.05) is 17.7 Å². The molecule has 3 nitrogen and oxygen atoms in total. The van der Waals surface area contributed by atoms with Crippen LogP contribution in [0, 0.1) is 6.92 Å². The predicted molar refractivity (Wildman–Crippen MR) is 81.6 cm³/mol. The number of pyridine rings is 1. The molecule has 0 bridgehead atoms. The van der Waals surface area contributed by atoms with Crippen LogP contribution in [0.2, 0.25) is 0 Å². The van der Waals surface area contributed by atoms with Crippen molar-refractivity contribution in [3.63, 3.8) is 0 Å². The van der Waals surface area contributed by atoms with E-state index < -0.39 is 0 Å². The molecule has 0 spiro atoms. The highest BCUT2D eigenvalue weighted by atomic mass is 15.1. The molecular formula is C16H21N3. The minimum Gasteiger partial charge on any atom is -0.399 e. The van der Waals surface area contributed by atoms with Gasteiger partial charge in [-0.1, -0.05) is 12.8 Å². The Morgan fingerprint density at radius 2 is 1.95 bits per heavy atom. The van der Waals surface area contributed by atoms with E-state index in [1.807, 2.05) is 18.2 Å². The molecule has 1 fully saturated rings. The van der Waals surface area contributed by atoms with Crippen LogP contribution in [0.1, 0.15) is 31.4 Å². The lowest BCUT2D eigenvalue weighted by Crippen LogP contribution is -2.29. The van der Waals surface area contributed by atoms with E-state index in [2.05, 4.69) is 29.9 Å². The van der Waals surface area contributed by atoms with E-state index in [0.29, 0.717) is 6.04 Å². The van der Waals surface area contributed by atoms with Crippen LogP contribution in [0.15, 0.2) is 24.3 Å². The van der Waals surface area contributed by atoms with Crippen molar-refractivity contribution in [1.29, 1.82) is 0 Å². The molecule has 1 heterocycles. The van der Waals surface area contributed by atoms with Crippen LogP contribution in [0.5, 0.6) is 0 Å².